The van der Waals surface area contributed by atoms with E-state index in [-0.39, 0.29) is 0 Å². The van der Waals surface area contributed by atoms with Crippen LogP contribution < -0.4 is 0 Å². The van der Waals surface area contributed by atoms with Gasteiger partial charge in [0.2, 0.25) is 0 Å². The maximum absolute atomic E-state index is 8.68. The van der Waals surface area contributed by atoms with Crippen molar-refractivity contribution in [2.75, 3.05) is 0 Å². The number of hydrogen-bond acceptors (Lipinski definition) is 2. The quantitative estimate of drug-likeness (QED) is 0.316. The van der Waals surface area contributed by atoms with Crippen molar-refractivity contribution < 1.29 is 0 Å². The molecule has 0 amide bonds. The van der Waals surface area contributed by atoms with Gasteiger partial charge in [-0.2, -0.15) is 5.26 Å². The van der Waals surface area contributed by atoms with Crippen molar-refractivity contribution in [1.29, 1.82) is 5.26 Å². The van der Waals surface area contributed by atoms with Gasteiger partial charge in [-0.1, -0.05) is 41.4 Å². The van der Waals surface area contributed by atoms with E-state index < -0.39 is 0 Å². The van der Waals surface area contributed by atoms with Crippen LogP contribution in [0.15, 0.2) is 71.6 Å². The second kappa shape index (κ2) is 8.82. The Bertz CT molecular complexity index is 1110. The monoisotopic (exact) mass is 363 g/mol. The average molecular weight is 363 g/mol. The van der Waals surface area contributed by atoms with E-state index in [1.165, 1.54) is 5.56 Å². The average Bonchev–Trinajstić information content (AvgIpc) is 2.68. The molecular weight excluding hydrogens is 346 g/mol. The summed E-state index contributed by atoms with van der Waals surface area (Å²) in [6.07, 6.45) is 0. The molecule has 0 N–H and O–H groups in total. The van der Waals surface area contributed by atoms with E-state index in [1.807, 2.05) is 55.5 Å². The second-order valence-corrected chi connectivity index (χ2v) is 6.97. The third kappa shape index (κ3) is 5.29. The lowest BCUT2D eigenvalue weighted by molar-refractivity contribution is 1.42. The number of thioether (sulfide) groups is 1. The van der Waals surface area contributed by atoms with Gasteiger partial charge in [0.05, 0.1) is 0 Å². The van der Waals surface area contributed by atoms with E-state index in [0.717, 1.165) is 44.5 Å². The van der Waals surface area contributed by atoms with Crippen LogP contribution in [0.25, 0.3) is 0 Å². The lowest BCUT2D eigenvalue weighted by Gasteiger charge is -1.99. The number of nitrogens with zero attached hydrogens (tertiary/aromatic N) is 1. The van der Waals surface area contributed by atoms with Crippen molar-refractivity contribution in [1.82, 2.24) is 0 Å². The van der Waals surface area contributed by atoms with Crippen molar-refractivity contribution in [2.45, 2.75) is 18.7 Å². The van der Waals surface area contributed by atoms with Gasteiger partial charge in [-0.15, -0.1) is 0 Å². The summed E-state index contributed by atoms with van der Waals surface area (Å²) in [4.78, 5) is 0.927. The molecule has 0 aliphatic rings. The highest BCUT2D eigenvalue weighted by atomic mass is 32.2. The Kier molecular flexibility index (Phi) is 6.02. The molecule has 0 saturated carbocycles. The van der Waals surface area contributed by atoms with Gasteiger partial charge in [-0.05, 0) is 85.8 Å². The highest BCUT2D eigenvalue weighted by Crippen LogP contribution is 2.16. The minimum absolute atomic E-state index is 0.927. The van der Waals surface area contributed by atoms with E-state index in [9.17, 15) is 0 Å². The molecule has 3 rings (SSSR count). The third-order valence-electron chi connectivity index (χ3n) is 3.99. The molecule has 0 fully saturated rings. The molecule has 0 bridgehead atoms. The summed E-state index contributed by atoms with van der Waals surface area (Å²) in [6.45, 7) is 4.12. The molecule has 0 saturated heterocycles. The van der Waals surface area contributed by atoms with Crippen molar-refractivity contribution >= 4 is 11.8 Å². The number of aryl methyl sites for hydroxylation is 2. The fourth-order valence-electron chi connectivity index (χ4n) is 2.46. The first-order valence-electron chi connectivity index (χ1n) is 8.51. The summed E-state index contributed by atoms with van der Waals surface area (Å²) >= 11 is 1.15. The summed E-state index contributed by atoms with van der Waals surface area (Å²) < 4.78 is 0. The number of benzene rings is 3. The molecule has 128 valence electrons. The van der Waals surface area contributed by atoms with Crippen molar-refractivity contribution in [3.05, 3.63) is 100 Å². The Morgan fingerprint density at radius 1 is 0.667 bits per heavy atom. The minimum atomic E-state index is 0.927. The first-order chi connectivity index (χ1) is 13.1. The van der Waals surface area contributed by atoms with E-state index in [1.54, 1.807) is 0 Å². The SMILES string of the molecule is Cc1ccc(C#Cc2ccc(C#Cc3ccc(SC#N)cc3)c(C)c2)cc1. The molecule has 0 unspecified atom stereocenters. The molecule has 1 nitrogen and oxygen atoms in total. The van der Waals surface area contributed by atoms with Crippen LogP contribution >= 0.6 is 11.8 Å². The predicted molar refractivity (Wildman–Crippen MR) is 112 cm³/mol. The molecule has 0 aliphatic heterocycles. The summed E-state index contributed by atoms with van der Waals surface area (Å²) in [5.74, 6) is 12.8. The number of nitriles is 1. The maximum atomic E-state index is 8.68. The zero-order chi connectivity index (χ0) is 19.1. The molecular formula is C25H17NS. The van der Waals surface area contributed by atoms with Crippen LogP contribution in [-0.2, 0) is 0 Å². The van der Waals surface area contributed by atoms with Gasteiger partial charge in [0, 0.05) is 27.1 Å². The van der Waals surface area contributed by atoms with Crippen LogP contribution in [0.2, 0.25) is 0 Å². The van der Waals surface area contributed by atoms with Crippen LogP contribution in [0.1, 0.15) is 33.4 Å². The predicted octanol–water partition coefficient (Wildman–Crippen LogP) is 5.68. The van der Waals surface area contributed by atoms with E-state index in [2.05, 4.69) is 54.2 Å². The topological polar surface area (TPSA) is 23.8 Å². The minimum Gasteiger partial charge on any atom is -0.185 e. The Morgan fingerprint density at radius 2 is 1.22 bits per heavy atom. The van der Waals surface area contributed by atoms with Crippen LogP contribution in [0.5, 0.6) is 0 Å². The normalized spacial score (nSPS) is 9.37. The number of hydrogen-bond donors (Lipinski definition) is 0. The standard InChI is InChI=1S/C25H17NS/c1-19-3-5-21(6-4-19)7-8-23-10-14-24(20(2)17-23)13-9-22-11-15-25(16-12-22)27-18-26/h3-6,10-12,14-17H,1-2H3. The van der Waals surface area contributed by atoms with Gasteiger partial charge in [0.15, 0.2) is 0 Å². The van der Waals surface area contributed by atoms with Gasteiger partial charge in [-0.3, -0.25) is 0 Å². The van der Waals surface area contributed by atoms with Crippen LogP contribution in [0.3, 0.4) is 0 Å². The smallest absolute Gasteiger partial charge is 0.138 e. The lowest BCUT2D eigenvalue weighted by atomic mass is 10.0. The van der Waals surface area contributed by atoms with Gasteiger partial charge < -0.3 is 0 Å². The Hall–Kier alpha value is -3.38. The van der Waals surface area contributed by atoms with Gasteiger partial charge in [-0.25, -0.2) is 0 Å². The van der Waals surface area contributed by atoms with Gasteiger partial charge >= 0.3 is 0 Å². The lowest BCUT2D eigenvalue weighted by Crippen LogP contribution is -1.85. The number of rotatable bonds is 1. The fraction of sp³-hybridized carbons (Fsp3) is 0.0800. The maximum Gasteiger partial charge on any atom is 0.138 e. The largest absolute Gasteiger partial charge is 0.185 e. The number of thiocyanates is 1. The molecule has 0 heterocycles. The third-order valence-corrected chi connectivity index (χ3v) is 4.59. The molecule has 0 aliphatic carbocycles. The first-order valence-corrected chi connectivity index (χ1v) is 9.33. The molecule has 0 spiro atoms. The molecule has 3 aromatic rings. The highest BCUT2D eigenvalue weighted by Gasteiger charge is 1.97. The van der Waals surface area contributed by atoms with E-state index >= 15 is 0 Å². The van der Waals surface area contributed by atoms with Crippen LogP contribution in [-0.4, -0.2) is 0 Å². The molecule has 2 heteroatoms. The Labute approximate surface area is 165 Å². The zero-order valence-electron chi connectivity index (χ0n) is 15.2. The Balaban J connectivity index is 1.76. The molecule has 27 heavy (non-hydrogen) atoms. The van der Waals surface area contributed by atoms with E-state index in [4.69, 9.17) is 5.26 Å². The summed E-state index contributed by atoms with van der Waals surface area (Å²) in [5, 5.41) is 10.7. The zero-order valence-corrected chi connectivity index (χ0v) is 16.0. The first kappa shape index (κ1) is 18.4. The summed E-state index contributed by atoms with van der Waals surface area (Å²) in [7, 11) is 0. The van der Waals surface area contributed by atoms with Crippen LogP contribution in [0.4, 0.5) is 0 Å². The second-order valence-electron chi connectivity index (χ2n) is 6.11. The van der Waals surface area contributed by atoms with Crippen molar-refractivity contribution in [2.24, 2.45) is 0 Å². The van der Waals surface area contributed by atoms with Gasteiger partial charge in [0.25, 0.3) is 0 Å². The summed E-state index contributed by atoms with van der Waals surface area (Å²) in [5.41, 5.74) is 6.26. The van der Waals surface area contributed by atoms with Crippen molar-refractivity contribution in [3.63, 3.8) is 0 Å². The van der Waals surface area contributed by atoms with E-state index in [0.29, 0.717) is 0 Å². The molecule has 0 atom stereocenters. The molecule has 0 radical (unpaired) electrons. The van der Waals surface area contributed by atoms with Gasteiger partial charge in [0.1, 0.15) is 5.40 Å². The van der Waals surface area contributed by atoms with Crippen molar-refractivity contribution in [3.8, 4) is 29.1 Å². The molecule has 0 aromatic heterocycles. The highest BCUT2D eigenvalue weighted by molar-refractivity contribution is 8.03. The summed E-state index contributed by atoms with van der Waals surface area (Å²) in [6, 6.07) is 22.0. The Morgan fingerprint density at radius 3 is 1.85 bits per heavy atom. The van der Waals surface area contributed by atoms with Crippen LogP contribution in [0, 0.1) is 48.2 Å². The fourth-order valence-corrected chi connectivity index (χ4v) is 2.84. The molecule has 3 aromatic carbocycles.